The molecule has 0 heterocycles. The van der Waals surface area contributed by atoms with Crippen LogP contribution in [0.25, 0.3) is 0 Å². The van der Waals surface area contributed by atoms with Crippen LogP contribution in [0.3, 0.4) is 0 Å². The van der Waals surface area contributed by atoms with Gasteiger partial charge in [-0.25, -0.2) is 9.59 Å². The number of ether oxygens (including phenoxy) is 2. The number of carbonyl (C=O) groups is 4. The highest BCUT2D eigenvalue weighted by atomic mass is 16.6. The van der Waals surface area contributed by atoms with E-state index in [9.17, 15) is 29.3 Å². The summed E-state index contributed by atoms with van der Waals surface area (Å²) in [7, 11) is 0. The third-order valence-corrected chi connectivity index (χ3v) is 4.51. The molecule has 0 bridgehead atoms. The Morgan fingerprint density at radius 3 is 1.58 bits per heavy atom. The topological polar surface area (TPSA) is 130 Å². The number of Topliss-reactive ketones (excluding diaryl/α,β-unsaturated/α-hetero) is 2. The van der Waals surface area contributed by atoms with Crippen molar-refractivity contribution in [3.05, 3.63) is 111 Å². The lowest BCUT2D eigenvalue weighted by atomic mass is 10.1. The summed E-state index contributed by atoms with van der Waals surface area (Å²) in [4.78, 5) is 59.8. The average molecular weight is 447 g/mol. The second-order valence-corrected chi connectivity index (χ2v) is 6.72. The first-order valence-corrected chi connectivity index (χ1v) is 9.66. The van der Waals surface area contributed by atoms with Gasteiger partial charge in [-0.15, -0.1) is 0 Å². The molecule has 0 radical (unpaired) electrons. The standard InChI is InChI=1S/C24H17NO8/c26-21(16-7-3-1-4-8-16)14-32-23(28)19-12-11-18(25(30)31)13-20(19)24(29)33-15-22(27)17-9-5-2-6-10-17/h1-13H,14-15H2. The number of hydrogen-bond donors (Lipinski definition) is 0. The molecular weight excluding hydrogens is 430 g/mol. The summed E-state index contributed by atoms with van der Waals surface area (Å²) in [5, 5.41) is 11.1. The van der Waals surface area contributed by atoms with Gasteiger partial charge in [0.25, 0.3) is 5.69 Å². The van der Waals surface area contributed by atoms with Crippen LogP contribution in [0.15, 0.2) is 78.9 Å². The van der Waals surface area contributed by atoms with Gasteiger partial charge < -0.3 is 9.47 Å². The van der Waals surface area contributed by atoms with Gasteiger partial charge in [0.15, 0.2) is 24.8 Å². The first-order chi connectivity index (χ1) is 15.9. The maximum absolute atomic E-state index is 12.6. The zero-order valence-corrected chi connectivity index (χ0v) is 17.1. The van der Waals surface area contributed by atoms with Crippen LogP contribution in [0.2, 0.25) is 0 Å². The largest absolute Gasteiger partial charge is 0.454 e. The number of hydrogen-bond acceptors (Lipinski definition) is 8. The molecule has 0 aromatic heterocycles. The highest BCUT2D eigenvalue weighted by molar-refractivity contribution is 6.06. The first kappa shape index (κ1) is 23.0. The van der Waals surface area contributed by atoms with E-state index >= 15 is 0 Å². The van der Waals surface area contributed by atoms with Crippen molar-refractivity contribution < 1.29 is 33.6 Å². The molecule has 166 valence electrons. The SMILES string of the molecule is O=C(COC(=O)c1ccc([N+](=O)[O-])cc1C(=O)OCC(=O)c1ccccc1)c1ccccc1. The van der Waals surface area contributed by atoms with Crippen molar-refractivity contribution in [2.45, 2.75) is 0 Å². The molecule has 9 nitrogen and oxygen atoms in total. The van der Waals surface area contributed by atoms with Crippen molar-refractivity contribution in [2.75, 3.05) is 13.2 Å². The molecule has 3 rings (SSSR count). The Labute approximate surface area is 187 Å². The average Bonchev–Trinajstić information content (AvgIpc) is 2.86. The molecule has 0 aliphatic heterocycles. The summed E-state index contributed by atoms with van der Waals surface area (Å²) in [6, 6.07) is 19.1. The van der Waals surface area contributed by atoms with Crippen LogP contribution in [0.1, 0.15) is 41.4 Å². The van der Waals surface area contributed by atoms with Crippen LogP contribution in [-0.2, 0) is 9.47 Å². The van der Waals surface area contributed by atoms with E-state index in [-0.39, 0.29) is 5.56 Å². The lowest BCUT2D eigenvalue weighted by molar-refractivity contribution is -0.384. The Bertz CT molecular complexity index is 1210. The van der Waals surface area contributed by atoms with Crippen molar-refractivity contribution in [2.24, 2.45) is 0 Å². The van der Waals surface area contributed by atoms with E-state index in [1.54, 1.807) is 48.5 Å². The van der Waals surface area contributed by atoms with E-state index in [2.05, 4.69) is 0 Å². The van der Waals surface area contributed by atoms with Crippen molar-refractivity contribution in [1.82, 2.24) is 0 Å². The van der Waals surface area contributed by atoms with Gasteiger partial charge in [-0.2, -0.15) is 0 Å². The van der Waals surface area contributed by atoms with Crippen LogP contribution in [0.5, 0.6) is 0 Å². The number of ketones is 2. The Balaban J connectivity index is 1.75. The number of nitro benzene ring substituents is 1. The second-order valence-electron chi connectivity index (χ2n) is 6.72. The fourth-order valence-corrected chi connectivity index (χ4v) is 2.83. The van der Waals surface area contributed by atoms with Crippen LogP contribution in [0, 0.1) is 10.1 Å². The van der Waals surface area contributed by atoms with Gasteiger partial charge in [-0.1, -0.05) is 60.7 Å². The molecule has 0 aliphatic rings. The molecule has 0 saturated carbocycles. The highest BCUT2D eigenvalue weighted by Crippen LogP contribution is 2.20. The molecule has 0 atom stereocenters. The lowest BCUT2D eigenvalue weighted by Gasteiger charge is -2.10. The van der Waals surface area contributed by atoms with Gasteiger partial charge in [0.2, 0.25) is 0 Å². The molecule has 0 aliphatic carbocycles. The van der Waals surface area contributed by atoms with Crippen LogP contribution in [0.4, 0.5) is 5.69 Å². The number of nitro groups is 1. The van der Waals surface area contributed by atoms with E-state index in [1.807, 2.05) is 0 Å². The number of non-ortho nitro benzene ring substituents is 1. The van der Waals surface area contributed by atoms with Crippen molar-refractivity contribution in [1.29, 1.82) is 0 Å². The minimum absolute atomic E-state index is 0.309. The Kier molecular flexibility index (Phi) is 7.38. The molecule has 3 aromatic rings. The summed E-state index contributed by atoms with van der Waals surface area (Å²) in [6.45, 7) is -1.23. The Morgan fingerprint density at radius 1 is 0.667 bits per heavy atom. The summed E-state index contributed by atoms with van der Waals surface area (Å²) >= 11 is 0. The summed E-state index contributed by atoms with van der Waals surface area (Å²) < 4.78 is 9.98. The summed E-state index contributed by atoms with van der Waals surface area (Å²) in [6.07, 6.45) is 0. The maximum Gasteiger partial charge on any atom is 0.339 e. The predicted octanol–water partition coefficient (Wildman–Crippen LogP) is 3.67. The fraction of sp³-hybridized carbons (Fsp3) is 0.0833. The van der Waals surface area contributed by atoms with E-state index in [0.29, 0.717) is 11.1 Å². The number of benzene rings is 3. The smallest absolute Gasteiger partial charge is 0.339 e. The summed E-state index contributed by atoms with van der Waals surface area (Å²) in [5.41, 5.74) is -0.620. The molecule has 0 saturated heterocycles. The highest BCUT2D eigenvalue weighted by Gasteiger charge is 2.24. The Morgan fingerprint density at radius 2 is 1.12 bits per heavy atom. The van der Waals surface area contributed by atoms with Crippen LogP contribution >= 0.6 is 0 Å². The van der Waals surface area contributed by atoms with E-state index in [1.165, 1.54) is 12.1 Å². The molecule has 3 aromatic carbocycles. The zero-order chi connectivity index (χ0) is 23.8. The van der Waals surface area contributed by atoms with Gasteiger partial charge in [-0.05, 0) is 6.07 Å². The molecule has 33 heavy (non-hydrogen) atoms. The van der Waals surface area contributed by atoms with Crippen LogP contribution in [-0.4, -0.2) is 41.6 Å². The van der Waals surface area contributed by atoms with E-state index < -0.39 is 52.9 Å². The fourth-order valence-electron chi connectivity index (χ4n) is 2.83. The molecule has 0 spiro atoms. The third kappa shape index (κ3) is 5.95. The predicted molar refractivity (Wildman–Crippen MR) is 115 cm³/mol. The van der Waals surface area contributed by atoms with Gasteiger partial charge >= 0.3 is 11.9 Å². The van der Waals surface area contributed by atoms with E-state index in [4.69, 9.17) is 9.47 Å². The molecule has 9 heteroatoms. The Hall–Kier alpha value is -4.66. The van der Waals surface area contributed by atoms with Gasteiger partial charge in [0.1, 0.15) is 0 Å². The van der Waals surface area contributed by atoms with Crippen molar-refractivity contribution >= 4 is 29.2 Å². The summed E-state index contributed by atoms with van der Waals surface area (Å²) in [5.74, 6) is -3.13. The van der Waals surface area contributed by atoms with Crippen molar-refractivity contribution in [3.8, 4) is 0 Å². The molecule has 0 N–H and O–H groups in total. The maximum atomic E-state index is 12.6. The van der Waals surface area contributed by atoms with Crippen LogP contribution < -0.4 is 0 Å². The van der Waals surface area contributed by atoms with Gasteiger partial charge in [-0.3, -0.25) is 19.7 Å². The molecule has 0 unspecified atom stereocenters. The second kappa shape index (κ2) is 10.6. The minimum atomic E-state index is -1.12. The lowest BCUT2D eigenvalue weighted by Crippen LogP contribution is -2.19. The number of esters is 2. The normalized spacial score (nSPS) is 10.2. The number of carbonyl (C=O) groups excluding carboxylic acids is 4. The third-order valence-electron chi connectivity index (χ3n) is 4.51. The van der Waals surface area contributed by atoms with Gasteiger partial charge in [0.05, 0.1) is 16.1 Å². The minimum Gasteiger partial charge on any atom is -0.454 e. The molecule has 0 fully saturated rings. The zero-order valence-electron chi connectivity index (χ0n) is 17.1. The van der Waals surface area contributed by atoms with Crippen molar-refractivity contribution in [3.63, 3.8) is 0 Å². The monoisotopic (exact) mass is 447 g/mol. The quantitative estimate of drug-likeness (QED) is 0.210. The number of rotatable bonds is 9. The van der Waals surface area contributed by atoms with Gasteiger partial charge in [0, 0.05) is 23.3 Å². The molecular formula is C24H17NO8. The van der Waals surface area contributed by atoms with E-state index in [0.717, 1.165) is 18.2 Å². The first-order valence-electron chi connectivity index (χ1n) is 9.66. The molecule has 0 amide bonds. The number of nitrogens with zero attached hydrogens (tertiary/aromatic N) is 1.